The topological polar surface area (TPSA) is 20.2 Å². The van der Waals surface area contributed by atoms with Crippen LogP contribution in [0.1, 0.15) is 11.8 Å². The number of hydrogen-bond donors (Lipinski definition) is 1. The van der Waals surface area contributed by atoms with Gasteiger partial charge in [0.05, 0.1) is 11.5 Å². The van der Waals surface area contributed by atoms with Gasteiger partial charge in [0.1, 0.15) is 5.83 Å². The van der Waals surface area contributed by atoms with Crippen molar-refractivity contribution in [1.82, 2.24) is 0 Å². The Hall–Kier alpha value is -0.670. The molecule has 0 bridgehead atoms. The van der Waals surface area contributed by atoms with Crippen LogP contribution in [0.25, 0.3) is 5.83 Å². The zero-order valence-electron chi connectivity index (χ0n) is 6.17. The molecule has 0 radical (unpaired) electrons. The summed E-state index contributed by atoms with van der Waals surface area (Å²) >= 11 is 1.33. The Kier molecular flexibility index (Phi) is 2.79. The van der Waals surface area contributed by atoms with Crippen molar-refractivity contribution in [3.05, 3.63) is 28.0 Å². The minimum absolute atomic E-state index is 0.219. The SMILES string of the molecule is C/C(CO)=C(/F)c1cccs1. The monoisotopic (exact) mass is 172 g/mol. The second-order valence-corrected chi connectivity index (χ2v) is 3.18. The Morgan fingerprint density at radius 3 is 2.91 bits per heavy atom. The highest BCUT2D eigenvalue weighted by Crippen LogP contribution is 2.23. The lowest BCUT2D eigenvalue weighted by Gasteiger charge is -1.96. The van der Waals surface area contributed by atoms with E-state index in [1.807, 2.05) is 0 Å². The molecule has 0 saturated heterocycles. The Bertz CT molecular complexity index is 251. The van der Waals surface area contributed by atoms with Crippen molar-refractivity contribution in [2.24, 2.45) is 0 Å². The smallest absolute Gasteiger partial charge is 0.141 e. The van der Waals surface area contributed by atoms with Gasteiger partial charge in [-0.25, -0.2) is 4.39 Å². The summed E-state index contributed by atoms with van der Waals surface area (Å²) in [4.78, 5) is 0.580. The predicted molar refractivity (Wildman–Crippen MR) is 45.1 cm³/mol. The molecule has 0 spiro atoms. The third-order valence-electron chi connectivity index (χ3n) is 1.35. The largest absolute Gasteiger partial charge is 0.392 e. The van der Waals surface area contributed by atoms with Gasteiger partial charge in [-0.15, -0.1) is 11.3 Å². The van der Waals surface area contributed by atoms with Gasteiger partial charge in [-0.2, -0.15) is 0 Å². The summed E-state index contributed by atoms with van der Waals surface area (Å²) in [5, 5.41) is 10.4. The first-order valence-electron chi connectivity index (χ1n) is 3.25. The van der Waals surface area contributed by atoms with Crippen LogP contribution in [0, 0.1) is 0 Å². The van der Waals surface area contributed by atoms with E-state index in [0.29, 0.717) is 10.5 Å². The van der Waals surface area contributed by atoms with Crippen LogP contribution in [0.2, 0.25) is 0 Å². The number of halogens is 1. The van der Waals surface area contributed by atoms with E-state index in [1.54, 1.807) is 24.4 Å². The van der Waals surface area contributed by atoms with E-state index in [0.717, 1.165) is 0 Å². The number of aliphatic hydroxyl groups is 1. The first kappa shape index (κ1) is 8.43. The summed E-state index contributed by atoms with van der Waals surface area (Å²) in [6.07, 6.45) is 0. The summed E-state index contributed by atoms with van der Waals surface area (Å²) in [6.45, 7) is 1.36. The first-order valence-corrected chi connectivity index (χ1v) is 4.13. The second-order valence-electron chi connectivity index (χ2n) is 2.23. The third kappa shape index (κ3) is 1.88. The fourth-order valence-electron chi connectivity index (χ4n) is 0.683. The van der Waals surface area contributed by atoms with Crippen LogP contribution in [0.5, 0.6) is 0 Å². The summed E-state index contributed by atoms with van der Waals surface area (Å²) in [5.74, 6) is -0.303. The average Bonchev–Trinajstić information content (AvgIpc) is 2.53. The maximum atomic E-state index is 13.1. The van der Waals surface area contributed by atoms with Crippen LogP contribution in [0.15, 0.2) is 23.1 Å². The third-order valence-corrected chi connectivity index (χ3v) is 2.21. The summed E-state index contributed by atoms with van der Waals surface area (Å²) in [5.41, 5.74) is 0.382. The molecule has 1 aromatic rings. The average molecular weight is 172 g/mol. The zero-order valence-corrected chi connectivity index (χ0v) is 6.99. The van der Waals surface area contributed by atoms with Crippen LogP contribution in [0.3, 0.4) is 0 Å². The predicted octanol–water partition coefficient (Wildman–Crippen LogP) is 2.44. The van der Waals surface area contributed by atoms with Crippen molar-refractivity contribution in [3.63, 3.8) is 0 Å². The zero-order chi connectivity index (χ0) is 8.27. The van der Waals surface area contributed by atoms with Crippen molar-refractivity contribution in [2.75, 3.05) is 6.61 Å². The molecule has 1 rings (SSSR count). The van der Waals surface area contributed by atoms with E-state index in [-0.39, 0.29) is 12.4 Å². The molecular formula is C8H9FOS. The lowest BCUT2D eigenvalue weighted by Crippen LogP contribution is -1.86. The molecule has 0 saturated carbocycles. The van der Waals surface area contributed by atoms with E-state index in [4.69, 9.17) is 5.11 Å². The van der Waals surface area contributed by atoms with Gasteiger partial charge in [-0.05, 0) is 23.9 Å². The molecule has 1 nitrogen and oxygen atoms in total. The Balaban J connectivity index is 2.93. The van der Waals surface area contributed by atoms with Crippen molar-refractivity contribution in [2.45, 2.75) is 6.92 Å². The number of hydrogen-bond acceptors (Lipinski definition) is 2. The molecule has 1 heterocycles. The molecule has 0 aromatic carbocycles. The quantitative estimate of drug-likeness (QED) is 0.726. The van der Waals surface area contributed by atoms with E-state index < -0.39 is 0 Å². The highest BCUT2D eigenvalue weighted by Gasteiger charge is 2.03. The number of aliphatic hydroxyl groups excluding tert-OH is 1. The van der Waals surface area contributed by atoms with Gasteiger partial charge in [0.25, 0.3) is 0 Å². The lowest BCUT2D eigenvalue weighted by atomic mass is 10.2. The molecule has 0 atom stereocenters. The van der Waals surface area contributed by atoms with Gasteiger partial charge in [-0.3, -0.25) is 0 Å². The molecule has 0 unspecified atom stereocenters. The molecule has 60 valence electrons. The standard InChI is InChI=1S/C8H9FOS/c1-6(5-10)8(9)7-3-2-4-11-7/h2-4,10H,5H2,1H3/b8-6-. The van der Waals surface area contributed by atoms with Crippen LogP contribution in [-0.2, 0) is 0 Å². The molecule has 1 N–H and O–H groups in total. The van der Waals surface area contributed by atoms with Gasteiger partial charge < -0.3 is 5.11 Å². The second kappa shape index (κ2) is 3.64. The minimum Gasteiger partial charge on any atom is -0.392 e. The van der Waals surface area contributed by atoms with Crippen LogP contribution < -0.4 is 0 Å². The van der Waals surface area contributed by atoms with Crippen molar-refractivity contribution in [1.29, 1.82) is 0 Å². The normalized spacial score (nSPS) is 13.0. The Morgan fingerprint density at radius 2 is 2.45 bits per heavy atom. The molecule has 1 aromatic heterocycles. The van der Waals surface area contributed by atoms with Crippen LogP contribution >= 0.6 is 11.3 Å². The molecular weight excluding hydrogens is 163 g/mol. The summed E-state index contributed by atoms with van der Waals surface area (Å²) < 4.78 is 13.1. The molecule has 11 heavy (non-hydrogen) atoms. The lowest BCUT2D eigenvalue weighted by molar-refractivity contribution is 0.330. The fourth-order valence-corrected chi connectivity index (χ4v) is 1.42. The fraction of sp³-hybridized carbons (Fsp3) is 0.250. The molecule has 0 aliphatic carbocycles. The number of thiophene rings is 1. The van der Waals surface area contributed by atoms with Crippen molar-refractivity contribution >= 4 is 17.2 Å². The van der Waals surface area contributed by atoms with Crippen molar-refractivity contribution in [3.8, 4) is 0 Å². The van der Waals surface area contributed by atoms with Gasteiger partial charge in [0.15, 0.2) is 0 Å². The Labute approximate surface area is 68.8 Å². The van der Waals surface area contributed by atoms with E-state index in [2.05, 4.69) is 0 Å². The minimum atomic E-state index is -0.303. The summed E-state index contributed by atoms with van der Waals surface area (Å²) in [7, 11) is 0. The summed E-state index contributed by atoms with van der Waals surface area (Å²) in [6, 6.07) is 3.48. The highest BCUT2D eigenvalue weighted by molar-refractivity contribution is 7.11. The Morgan fingerprint density at radius 1 is 1.73 bits per heavy atom. The van der Waals surface area contributed by atoms with Gasteiger partial charge in [0, 0.05) is 0 Å². The highest BCUT2D eigenvalue weighted by atomic mass is 32.1. The van der Waals surface area contributed by atoms with E-state index in [1.165, 1.54) is 11.3 Å². The molecule has 0 fully saturated rings. The maximum absolute atomic E-state index is 13.1. The molecule has 0 aliphatic heterocycles. The van der Waals surface area contributed by atoms with E-state index in [9.17, 15) is 4.39 Å². The molecule has 3 heteroatoms. The van der Waals surface area contributed by atoms with Crippen LogP contribution in [0.4, 0.5) is 4.39 Å². The van der Waals surface area contributed by atoms with Crippen molar-refractivity contribution < 1.29 is 9.50 Å². The van der Waals surface area contributed by atoms with Crippen LogP contribution in [-0.4, -0.2) is 11.7 Å². The first-order chi connectivity index (χ1) is 5.25. The maximum Gasteiger partial charge on any atom is 0.141 e. The molecule has 0 aliphatic rings. The molecule has 0 amide bonds. The van der Waals surface area contributed by atoms with Gasteiger partial charge in [-0.1, -0.05) is 6.07 Å². The van der Waals surface area contributed by atoms with Gasteiger partial charge in [0.2, 0.25) is 0 Å². The van der Waals surface area contributed by atoms with Gasteiger partial charge >= 0.3 is 0 Å². The number of rotatable bonds is 2. The van der Waals surface area contributed by atoms with E-state index >= 15 is 0 Å².